The second kappa shape index (κ2) is 6.51. The van der Waals surface area contributed by atoms with Gasteiger partial charge in [-0.2, -0.15) is 0 Å². The van der Waals surface area contributed by atoms with Crippen molar-refractivity contribution in [2.45, 2.75) is 11.8 Å². The van der Waals surface area contributed by atoms with Crippen LogP contribution in [-0.4, -0.2) is 20.7 Å². The molecule has 0 fully saturated rings. The molecule has 0 aliphatic carbocycles. The first-order chi connectivity index (χ1) is 9.97. The van der Waals surface area contributed by atoms with Gasteiger partial charge in [0.25, 0.3) is 0 Å². The van der Waals surface area contributed by atoms with Crippen molar-refractivity contribution >= 4 is 15.8 Å². The van der Waals surface area contributed by atoms with Gasteiger partial charge in [0.1, 0.15) is 17.3 Å². The summed E-state index contributed by atoms with van der Waals surface area (Å²) in [7, 11) is -3.67. The molecule has 0 aliphatic heterocycles. The number of ether oxygens (including phenoxy) is 1. The van der Waals surface area contributed by atoms with E-state index in [0.29, 0.717) is 11.5 Å². The quantitative estimate of drug-likeness (QED) is 0.889. The number of carbonyl (C=O) groups is 1. The number of benzene rings is 2. The van der Waals surface area contributed by atoms with Gasteiger partial charge in [0, 0.05) is 0 Å². The Morgan fingerprint density at radius 2 is 1.57 bits per heavy atom. The van der Waals surface area contributed by atoms with Gasteiger partial charge in [-0.1, -0.05) is 18.2 Å². The number of sulfonamides is 1. The summed E-state index contributed by atoms with van der Waals surface area (Å²) in [6.45, 7) is 1.10. The fourth-order valence-corrected chi connectivity index (χ4v) is 2.65. The molecule has 0 aliphatic rings. The van der Waals surface area contributed by atoms with Crippen LogP contribution in [0.3, 0.4) is 0 Å². The molecule has 0 spiro atoms. The van der Waals surface area contributed by atoms with Gasteiger partial charge in [-0.05, 0) is 43.3 Å². The molecule has 0 aromatic heterocycles. The van der Waals surface area contributed by atoms with Crippen LogP contribution in [0.4, 0.5) is 0 Å². The van der Waals surface area contributed by atoms with Crippen LogP contribution in [0.2, 0.25) is 0 Å². The summed E-state index contributed by atoms with van der Waals surface area (Å²) in [5.74, 6) is 0.956. The van der Waals surface area contributed by atoms with Gasteiger partial charge < -0.3 is 4.74 Å². The number of para-hydroxylation sites is 1. The Kier molecular flexibility index (Phi) is 4.72. The van der Waals surface area contributed by atoms with Crippen molar-refractivity contribution in [2.24, 2.45) is 0 Å². The molecule has 1 N–H and O–H groups in total. The van der Waals surface area contributed by atoms with Crippen molar-refractivity contribution in [1.29, 1.82) is 0 Å². The number of rotatable bonds is 6. The highest BCUT2D eigenvalue weighted by Gasteiger charge is 2.14. The molecule has 0 bridgehead atoms. The molecule has 0 amide bonds. The monoisotopic (exact) mass is 305 g/mol. The molecular weight excluding hydrogens is 290 g/mol. The number of nitrogens with one attached hydrogen (secondary N) is 1. The molecule has 0 unspecified atom stereocenters. The van der Waals surface area contributed by atoms with Crippen molar-refractivity contribution in [3.05, 3.63) is 54.6 Å². The van der Waals surface area contributed by atoms with E-state index in [9.17, 15) is 13.2 Å². The number of ketones is 1. The predicted molar refractivity (Wildman–Crippen MR) is 78.8 cm³/mol. The van der Waals surface area contributed by atoms with Crippen molar-refractivity contribution in [3.8, 4) is 11.5 Å². The maximum absolute atomic E-state index is 11.9. The smallest absolute Gasteiger partial charge is 0.240 e. The Morgan fingerprint density at radius 3 is 2.14 bits per heavy atom. The fourth-order valence-electron chi connectivity index (χ4n) is 1.59. The standard InChI is InChI=1S/C15H15NO4S/c1-12(17)11-16-21(18,19)15-9-7-14(8-10-15)20-13-5-3-2-4-6-13/h2-10,16H,11H2,1H3. The van der Waals surface area contributed by atoms with Crippen LogP contribution in [0, 0.1) is 0 Å². The zero-order valence-corrected chi connectivity index (χ0v) is 12.3. The van der Waals surface area contributed by atoms with Crippen LogP contribution in [-0.2, 0) is 14.8 Å². The Morgan fingerprint density at radius 1 is 1.00 bits per heavy atom. The number of carbonyl (C=O) groups excluding carboxylic acids is 1. The average molecular weight is 305 g/mol. The summed E-state index contributed by atoms with van der Waals surface area (Å²) in [6, 6.07) is 15.2. The third-order valence-electron chi connectivity index (χ3n) is 2.62. The van der Waals surface area contributed by atoms with E-state index in [-0.39, 0.29) is 17.2 Å². The van der Waals surface area contributed by atoms with E-state index in [2.05, 4.69) is 4.72 Å². The molecule has 2 aromatic rings. The van der Waals surface area contributed by atoms with E-state index in [1.807, 2.05) is 18.2 Å². The molecule has 0 atom stereocenters. The summed E-state index contributed by atoms with van der Waals surface area (Å²) in [6.07, 6.45) is 0. The van der Waals surface area contributed by atoms with E-state index in [0.717, 1.165) is 0 Å². The van der Waals surface area contributed by atoms with Crippen molar-refractivity contribution in [3.63, 3.8) is 0 Å². The number of hydrogen-bond acceptors (Lipinski definition) is 4. The van der Waals surface area contributed by atoms with Gasteiger partial charge in [-0.25, -0.2) is 13.1 Å². The van der Waals surface area contributed by atoms with E-state index < -0.39 is 10.0 Å². The first-order valence-electron chi connectivity index (χ1n) is 6.29. The minimum atomic E-state index is -3.67. The lowest BCUT2D eigenvalue weighted by atomic mass is 10.3. The summed E-state index contributed by atoms with van der Waals surface area (Å²) >= 11 is 0. The summed E-state index contributed by atoms with van der Waals surface area (Å²) < 4.78 is 31.6. The Bertz CT molecular complexity index is 709. The molecule has 6 heteroatoms. The molecule has 0 saturated carbocycles. The largest absolute Gasteiger partial charge is 0.457 e. The zero-order valence-electron chi connectivity index (χ0n) is 11.4. The number of Topliss-reactive ketones (excluding diaryl/α,β-unsaturated/α-hetero) is 1. The Hall–Kier alpha value is -2.18. The fraction of sp³-hybridized carbons (Fsp3) is 0.133. The van der Waals surface area contributed by atoms with Crippen LogP contribution >= 0.6 is 0 Å². The maximum atomic E-state index is 11.9. The summed E-state index contributed by atoms with van der Waals surface area (Å²) in [4.78, 5) is 10.9. The molecule has 0 saturated heterocycles. The molecule has 21 heavy (non-hydrogen) atoms. The van der Waals surface area contributed by atoms with Crippen LogP contribution in [0.15, 0.2) is 59.5 Å². The third kappa shape index (κ3) is 4.40. The van der Waals surface area contributed by atoms with Gasteiger partial charge in [0.2, 0.25) is 10.0 Å². The van der Waals surface area contributed by atoms with Crippen LogP contribution in [0.1, 0.15) is 6.92 Å². The van der Waals surface area contributed by atoms with E-state index >= 15 is 0 Å². The SMILES string of the molecule is CC(=O)CNS(=O)(=O)c1ccc(Oc2ccccc2)cc1. The molecular formula is C15H15NO4S. The topological polar surface area (TPSA) is 72.5 Å². The Balaban J connectivity index is 2.10. The second-order valence-corrected chi connectivity index (χ2v) is 6.18. The van der Waals surface area contributed by atoms with E-state index in [4.69, 9.17) is 4.74 Å². The summed E-state index contributed by atoms with van der Waals surface area (Å²) in [5, 5.41) is 0. The van der Waals surface area contributed by atoms with Gasteiger partial charge in [-0.15, -0.1) is 0 Å². The lowest BCUT2D eigenvalue weighted by Gasteiger charge is -2.08. The van der Waals surface area contributed by atoms with E-state index in [1.54, 1.807) is 24.3 Å². The first kappa shape index (κ1) is 15.2. The average Bonchev–Trinajstić information content (AvgIpc) is 2.47. The van der Waals surface area contributed by atoms with Crippen molar-refractivity contribution < 1.29 is 17.9 Å². The van der Waals surface area contributed by atoms with Gasteiger partial charge >= 0.3 is 0 Å². The molecule has 0 heterocycles. The van der Waals surface area contributed by atoms with E-state index in [1.165, 1.54) is 19.1 Å². The highest BCUT2D eigenvalue weighted by atomic mass is 32.2. The van der Waals surface area contributed by atoms with Crippen LogP contribution < -0.4 is 9.46 Å². The molecule has 2 aromatic carbocycles. The summed E-state index contributed by atoms with van der Waals surface area (Å²) in [5.41, 5.74) is 0. The predicted octanol–water partition coefficient (Wildman–Crippen LogP) is 2.35. The van der Waals surface area contributed by atoms with Crippen LogP contribution in [0.25, 0.3) is 0 Å². The Labute approximate surface area is 123 Å². The highest BCUT2D eigenvalue weighted by molar-refractivity contribution is 7.89. The lowest BCUT2D eigenvalue weighted by Crippen LogP contribution is -2.28. The van der Waals surface area contributed by atoms with Crippen LogP contribution in [0.5, 0.6) is 11.5 Å². The minimum absolute atomic E-state index is 0.0872. The number of hydrogen-bond donors (Lipinski definition) is 1. The zero-order chi connectivity index (χ0) is 15.3. The third-order valence-corrected chi connectivity index (χ3v) is 4.04. The first-order valence-corrected chi connectivity index (χ1v) is 7.78. The van der Waals surface area contributed by atoms with Gasteiger partial charge in [0.05, 0.1) is 11.4 Å². The molecule has 110 valence electrons. The van der Waals surface area contributed by atoms with Gasteiger partial charge in [0.15, 0.2) is 0 Å². The minimum Gasteiger partial charge on any atom is -0.457 e. The maximum Gasteiger partial charge on any atom is 0.240 e. The molecule has 2 rings (SSSR count). The normalized spacial score (nSPS) is 11.1. The van der Waals surface area contributed by atoms with Crippen molar-refractivity contribution in [1.82, 2.24) is 4.72 Å². The van der Waals surface area contributed by atoms with Crippen molar-refractivity contribution in [2.75, 3.05) is 6.54 Å². The van der Waals surface area contributed by atoms with Gasteiger partial charge in [-0.3, -0.25) is 4.79 Å². The highest BCUT2D eigenvalue weighted by Crippen LogP contribution is 2.22. The lowest BCUT2D eigenvalue weighted by molar-refractivity contribution is -0.115. The molecule has 0 radical (unpaired) electrons. The second-order valence-electron chi connectivity index (χ2n) is 4.41. The molecule has 5 nitrogen and oxygen atoms in total.